The van der Waals surface area contributed by atoms with Gasteiger partial charge >= 0.3 is 0 Å². The molecule has 0 aliphatic heterocycles. The summed E-state index contributed by atoms with van der Waals surface area (Å²) in [6.45, 7) is 16.4. The van der Waals surface area contributed by atoms with Gasteiger partial charge in [-0.3, -0.25) is 4.79 Å². The molecule has 0 saturated heterocycles. The van der Waals surface area contributed by atoms with Crippen molar-refractivity contribution in [1.82, 2.24) is 0 Å². The van der Waals surface area contributed by atoms with Crippen LogP contribution in [0, 0.1) is 17.3 Å². The molecule has 0 bridgehead atoms. The van der Waals surface area contributed by atoms with Crippen LogP contribution in [0.3, 0.4) is 0 Å². The molecule has 0 aromatic carbocycles. The molecular weight excluding hydrogens is 244 g/mol. The molecule has 0 radical (unpaired) electrons. The lowest BCUT2D eigenvalue weighted by atomic mass is 9.61. The van der Waals surface area contributed by atoms with Crippen LogP contribution in [0.4, 0.5) is 0 Å². The molecule has 0 spiro atoms. The lowest BCUT2D eigenvalue weighted by Crippen LogP contribution is -2.33. The Kier molecular flexibility index (Phi) is 5.74. The Bertz CT molecular complexity index is 452. The van der Waals surface area contributed by atoms with Crippen molar-refractivity contribution >= 4 is 5.78 Å². The van der Waals surface area contributed by atoms with Crippen molar-refractivity contribution in [2.75, 3.05) is 0 Å². The molecule has 110 valence electrons. The monoisotopic (exact) mass is 272 g/mol. The summed E-state index contributed by atoms with van der Waals surface area (Å²) in [6.07, 6.45) is 11.2. The molecule has 1 aliphatic carbocycles. The van der Waals surface area contributed by atoms with E-state index in [4.69, 9.17) is 0 Å². The first-order valence-electron chi connectivity index (χ1n) is 7.44. The van der Waals surface area contributed by atoms with Gasteiger partial charge in [0.2, 0.25) is 0 Å². The normalized spacial score (nSPS) is 31.3. The van der Waals surface area contributed by atoms with E-state index in [0.717, 1.165) is 12.8 Å². The van der Waals surface area contributed by atoms with E-state index in [1.165, 1.54) is 17.6 Å². The highest BCUT2D eigenvalue weighted by Crippen LogP contribution is 2.48. The highest BCUT2D eigenvalue weighted by atomic mass is 16.1. The second-order valence-electron chi connectivity index (χ2n) is 6.46. The fraction of sp³-hybridized carbons (Fsp3) is 0.526. The van der Waals surface area contributed by atoms with Gasteiger partial charge in [0.05, 0.1) is 0 Å². The predicted octanol–water partition coefficient (Wildman–Crippen LogP) is 5.26. The molecule has 1 rings (SSSR count). The fourth-order valence-corrected chi connectivity index (χ4v) is 3.22. The number of hydrogen-bond donors (Lipinski definition) is 0. The van der Waals surface area contributed by atoms with Crippen molar-refractivity contribution in [1.29, 1.82) is 0 Å². The maximum Gasteiger partial charge on any atom is 0.152 e. The molecule has 0 heterocycles. The van der Waals surface area contributed by atoms with Crippen LogP contribution in [0.2, 0.25) is 0 Å². The molecule has 0 aromatic heterocycles. The summed E-state index contributed by atoms with van der Waals surface area (Å²) in [4.78, 5) is 10.9. The van der Waals surface area contributed by atoms with Crippen molar-refractivity contribution in [2.45, 2.75) is 47.0 Å². The largest absolute Gasteiger partial charge is 0.295 e. The van der Waals surface area contributed by atoms with E-state index in [-0.39, 0.29) is 11.2 Å². The number of allylic oxidation sites excluding steroid dienone is 6. The van der Waals surface area contributed by atoms with Gasteiger partial charge in [0, 0.05) is 0 Å². The van der Waals surface area contributed by atoms with Gasteiger partial charge in [-0.1, -0.05) is 42.9 Å². The van der Waals surface area contributed by atoms with Gasteiger partial charge in [-0.15, -0.1) is 6.58 Å². The Labute approximate surface area is 124 Å². The van der Waals surface area contributed by atoms with E-state index in [1.807, 2.05) is 6.08 Å². The van der Waals surface area contributed by atoms with Crippen molar-refractivity contribution in [3.63, 3.8) is 0 Å². The minimum atomic E-state index is 0.0942. The minimum Gasteiger partial charge on any atom is -0.295 e. The maximum absolute atomic E-state index is 10.9. The smallest absolute Gasteiger partial charge is 0.152 e. The number of carbonyl (C=O) groups is 1. The van der Waals surface area contributed by atoms with Gasteiger partial charge in [-0.2, -0.15) is 0 Å². The molecule has 20 heavy (non-hydrogen) atoms. The first-order chi connectivity index (χ1) is 9.30. The SMILES string of the molecule is C=CC1(C)CCC(C(C)=CC=CC(C)=O)CC1C(=C)C. The zero-order valence-electron chi connectivity index (χ0n) is 13.4. The first kappa shape index (κ1) is 16.7. The summed E-state index contributed by atoms with van der Waals surface area (Å²) >= 11 is 0. The van der Waals surface area contributed by atoms with E-state index in [9.17, 15) is 4.79 Å². The van der Waals surface area contributed by atoms with Crippen molar-refractivity contribution < 1.29 is 4.79 Å². The third-order valence-electron chi connectivity index (χ3n) is 4.74. The summed E-state index contributed by atoms with van der Waals surface area (Å²) in [7, 11) is 0. The first-order valence-corrected chi connectivity index (χ1v) is 7.44. The standard InChI is InChI=1S/C19H28O/c1-7-19(6)12-11-17(13-18(19)14(2)3)15(4)9-8-10-16(5)20/h7-10,17-18H,1-2,11-13H2,3-6H3. The van der Waals surface area contributed by atoms with Crippen molar-refractivity contribution in [3.05, 3.63) is 48.6 Å². The average Bonchev–Trinajstić information content (AvgIpc) is 2.38. The van der Waals surface area contributed by atoms with Crippen LogP contribution in [0.25, 0.3) is 0 Å². The summed E-state index contributed by atoms with van der Waals surface area (Å²) in [5, 5.41) is 0. The highest BCUT2D eigenvalue weighted by molar-refractivity contribution is 5.87. The van der Waals surface area contributed by atoms with Gasteiger partial charge in [-0.25, -0.2) is 0 Å². The summed E-state index contributed by atoms with van der Waals surface area (Å²) in [5.74, 6) is 1.18. The molecule has 3 atom stereocenters. The van der Waals surface area contributed by atoms with Crippen LogP contribution >= 0.6 is 0 Å². The predicted molar refractivity (Wildman–Crippen MR) is 87.5 cm³/mol. The van der Waals surface area contributed by atoms with Crippen LogP contribution in [0.1, 0.15) is 47.0 Å². The van der Waals surface area contributed by atoms with Crippen molar-refractivity contribution in [3.8, 4) is 0 Å². The zero-order valence-corrected chi connectivity index (χ0v) is 13.4. The molecule has 1 heteroatoms. The Hall–Kier alpha value is -1.37. The Morgan fingerprint density at radius 2 is 1.95 bits per heavy atom. The summed E-state index contributed by atoms with van der Waals surface area (Å²) in [6, 6.07) is 0. The van der Waals surface area contributed by atoms with Crippen LogP contribution in [0.15, 0.2) is 48.6 Å². The maximum atomic E-state index is 10.9. The van der Waals surface area contributed by atoms with E-state index >= 15 is 0 Å². The van der Waals surface area contributed by atoms with Crippen LogP contribution < -0.4 is 0 Å². The second kappa shape index (κ2) is 6.88. The molecule has 1 nitrogen and oxygen atoms in total. The quantitative estimate of drug-likeness (QED) is 0.379. The Morgan fingerprint density at radius 1 is 1.30 bits per heavy atom. The number of hydrogen-bond acceptors (Lipinski definition) is 1. The minimum absolute atomic E-state index is 0.0942. The van der Waals surface area contributed by atoms with Crippen LogP contribution in [-0.4, -0.2) is 5.78 Å². The summed E-state index contributed by atoms with van der Waals surface area (Å²) in [5.41, 5.74) is 2.79. The van der Waals surface area contributed by atoms with Gasteiger partial charge in [0.25, 0.3) is 0 Å². The summed E-state index contributed by atoms with van der Waals surface area (Å²) < 4.78 is 0. The van der Waals surface area contributed by atoms with Crippen LogP contribution in [0.5, 0.6) is 0 Å². The zero-order chi connectivity index (χ0) is 15.3. The lowest BCUT2D eigenvalue weighted by molar-refractivity contribution is -0.112. The molecule has 1 aliphatic rings. The van der Waals surface area contributed by atoms with E-state index < -0.39 is 0 Å². The lowest BCUT2D eigenvalue weighted by Gasteiger charge is -2.43. The number of rotatable bonds is 5. The topological polar surface area (TPSA) is 17.1 Å². The molecule has 0 N–H and O–H groups in total. The number of ketones is 1. The average molecular weight is 272 g/mol. The van der Waals surface area contributed by atoms with Crippen LogP contribution in [-0.2, 0) is 4.79 Å². The fourth-order valence-electron chi connectivity index (χ4n) is 3.22. The van der Waals surface area contributed by atoms with E-state index in [1.54, 1.807) is 13.0 Å². The van der Waals surface area contributed by atoms with Gasteiger partial charge in [-0.05, 0) is 63.4 Å². The molecule has 0 amide bonds. The van der Waals surface area contributed by atoms with E-state index in [0.29, 0.717) is 11.8 Å². The molecule has 1 saturated carbocycles. The number of carbonyl (C=O) groups excluding carboxylic acids is 1. The molecule has 1 fully saturated rings. The third kappa shape index (κ3) is 4.06. The van der Waals surface area contributed by atoms with Gasteiger partial charge in [0.1, 0.15) is 0 Å². The Balaban J connectivity index is 2.84. The third-order valence-corrected chi connectivity index (χ3v) is 4.74. The molecule has 0 aromatic rings. The Morgan fingerprint density at radius 3 is 2.45 bits per heavy atom. The molecular formula is C19H28O. The van der Waals surface area contributed by atoms with Gasteiger partial charge in [0.15, 0.2) is 5.78 Å². The van der Waals surface area contributed by atoms with Crippen molar-refractivity contribution in [2.24, 2.45) is 17.3 Å². The highest BCUT2D eigenvalue weighted by Gasteiger charge is 2.38. The van der Waals surface area contributed by atoms with E-state index in [2.05, 4.69) is 46.1 Å². The van der Waals surface area contributed by atoms with Gasteiger partial charge < -0.3 is 0 Å². The molecule has 3 unspecified atom stereocenters. The second-order valence-corrected chi connectivity index (χ2v) is 6.46.